The molecule has 8 nitrogen and oxygen atoms in total. The van der Waals surface area contributed by atoms with E-state index in [2.05, 4.69) is 30.8 Å². The zero-order chi connectivity index (χ0) is 19.6. The van der Waals surface area contributed by atoms with Gasteiger partial charge in [-0.3, -0.25) is 4.79 Å². The lowest BCUT2D eigenvalue weighted by Crippen LogP contribution is -2.48. The number of piperidine rings is 1. The summed E-state index contributed by atoms with van der Waals surface area (Å²) in [7, 11) is 0. The van der Waals surface area contributed by atoms with E-state index < -0.39 is 0 Å². The quantitative estimate of drug-likeness (QED) is 0.620. The Labute approximate surface area is 166 Å². The van der Waals surface area contributed by atoms with Crippen molar-refractivity contribution in [3.63, 3.8) is 0 Å². The van der Waals surface area contributed by atoms with Crippen molar-refractivity contribution in [2.24, 2.45) is 0 Å². The molecule has 2 heterocycles. The Balaban J connectivity index is 1.29. The molecule has 1 aromatic heterocycles. The highest BCUT2D eigenvalue weighted by atomic mass is 16.2. The maximum atomic E-state index is 12.2. The normalized spacial score (nSPS) is 20.4. The van der Waals surface area contributed by atoms with Gasteiger partial charge >= 0.3 is 6.03 Å². The maximum Gasteiger partial charge on any atom is 0.315 e. The molecule has 3 amide bonds. The zero-order valence-electron chi connectivity index (χ0n) is 16.5. The summed E-state index contributed by atoms with van der Waals surface area (Å²) in [5.41, 5.74) is 0. The van der Waals surface area contributed by atoms with Crippen molar-refractivity contribution in [3.05, 3.63) is 18.5 Å². The van der Waals surface area contributed by atoms with Crippen molar-refractivity contribution < 1.29 is 9.59 Å². The Morgan fingerprint density at radius 2 is 1.75 bits per heavy atom. The second-order valence-electron chi connectivity index (χ2n) is 7.74. The smallest absolute Gasteiger partial charge is 0.315 e. The first-order chi connectivity index (χ1) is 13.7. The lowest BCUT2D eigenvalue weighted by Gasteiger charge is -2.33. The molecule has 0 unspecified atom stereocenters. The molecule has 2 aliphatic rings. The SMILES string of the molecule is O=C(CCCNC(=O)NC1CCCCC1)N[C@H]1CCCN(c2ncccn2)C1. The molecule has 1 aromatic rings. The number of nitrogens with zero attached hydrogens (tertiary/aromatic N) is 3. The number of anilines is 1. The maximum absolute atomic E-state index is 12.2. The molecule has 3 rings (SSSR count). The van der Waals surface area contributed by atoms with Gasteiger partial charge in [-0.2, -0.15) is 0 Å². The second kappa shape index (κ2) is 10.8. The number of hydrogen-bond acceptors (Lipinski definition) is 5. The molecule has 3 N–H and O–H groups in total. The molecule has 1 saturated heterocycles. The van der Waals surface area contributed by atoms with E-state index in [0.717, 1.165) is 44.7 Å². The van der Waals surface area contributed by atoms with E-state index in [-0.39, 0.29) is 18.0 Å². The highest BCUT2D eigenvalue weighted by molar-refractivity contribution is 5.76. The predicted molar refractivity (Wildman–Crippen MR) is 108 cm³/mol. The third-order valence-electron chi connectivity index (χ3n) is 5.43. The molecule has 1 aliphatic heterocycles. The van der Waals surface area contributed by atoms with Gasteiger partial charge in [0.1, 0.15) is 0 Å². The molecule has 0 bridgehead atoms. The summed E-state index contributed by atoms with van der Waals surface area (Å²) in [5, 5.41) is 9.00. The van der Waals surface area contributed by atoms with Crippen LogP contribution in [-0.4, -0.2) is 53.6 Å². The number of carbonyl (C=O) groups is 2. The molecule has 0 spiro atoms. The molecule has 1 atom stereocenters. The van der Waals surface area contributed by atoms with Gasteiger partial charge < -0.3 is 20.9 Å². The summed E-state index contributed by atoms with van der Waals surface area (Å²) in [5.74, 6) is 0.755. The minimum absolute atomic E-state index is 0.0373. The van der Waals surface area contributed by atoms with E-state index >= 15 is 0 Å². The van der Waals surface area contributed by atoms with Crippen LogP contribution in [0.25, 0.3) is 0 Å². The fraction of sp³-hybridized carbons (Fsp3) is 0.700. The van der Waals surface area contributed by atoms with Gasteiger partial charge in [-0.05, 0) is 38.2 Å². The summed E-state index contributed by atoms with van der Waals surface area (Å²) in [6, 6.07) is 2.11. The molecule has 154 valence electrons. The largest absolute Gasteiger partial charge is 0.352 e. The summed E-state index contributed by atoms with van der Waals surface area (Å²) in [6.07, 6.45) is 12.3. The number of hydrogen-bond donors (Lipinski definition) is 3. The van der Waals surface area contributed by atoms with Gasteiger partial charge in [-0.15, -0.1) is 0 Å². The molecule has 1 aliphatic carbocycles. The lowest BCUT2D eigenvalue weighted by molar-refractivity contribution is -0.121. The number of urea groups is 1. The fourth-order valence-corrected chi connectivity index (χ4v) is 3.97. The number of carbonyl (C=O) groups excluding carboxylic acids is 2. The van der Waals surface area contributed by atoms with Gasteiger partial charge in [0, 0.05) is 50.5 Å². The van der Waals surface area contributed by atoms with E-state index in [1.54, 1.807) is 18.5 Å². The van der Waals surface area contributed by atoms with Gasteiger partial charge in [0.2, 0.25) is 11.9 Å². The molecular weight excluding hydrogens is 356 g/mol. The third kappa shape index (κ3) is 6.65. The summed E-state index contributed by atoms with van der Waals surface area (Å²) >= 11 is 0. The Bertz CT molecular complexity index is 620. The van der Waals surface area contributed by atoms with Crippen LogP contribution in [-0.2, 0) is 4.79 Å². The first-order valence-corrected chi connectivity index (χ1v) is 10.6. The highest BCUT2D eigenvalue weighted by Gasteiger charge is 2.22. The van der Waals surface area contributed by atoms with E-state index in [4.69, 9.17) is 0 Å². The second-order valence-corrected chi connectivity index (χ2v) is 7.74. The summed E-state index contributed by atoms with van der Waals surface area (Å²) < 4.78 is 0. The van der Waals surface area contributed by atoms with Crippen molar-refractivity contribution in [1.82, 2.24) is 25.9 Å². The average molecular weight is 389 g/mol. The Kier molecular flexibility index (Phi) is 7.87. The van der Waals surface area contributed by atoms with Crippen LogP contribution >= 0.6 is 0 Å². The molecule has 0 radical (unpaired) electrons. The Hall–Kier alpha value is -2.38. The van der Waals surface area contributed by atoms with Crippen LogP contribution in [0.4, 0.5) is 10.7 Å². The Morgan fingerprint density at radius 3 is 2.54 bits per heavy atom. The van der Waals surface area contributed by atoms with Crippen LogP contribution in [0.3, 0.4) is 0 Å². The first-order valence-electron chi connectivity index (χ1n) is 10.6. The molecule has 8 heteroatoms. The summed E-state index contributed by atoms with van der Waals surface area (Å²) in [4.78, 5) is 34.8. The predicted octanol–water partition coefficient (Wildman–Crippen LogP) is 1.97. The van der Waals surface area contributed by atoms with Crippen molar-refractivity contribution in [2.75, 3.05) is 24.5 Å². The van der Waals surface area contributed by atoms with Crippen LogP contribution in [0, 0.1) is 0 Å². The number of aromatic nitrogens is 2. The average Bonchev–Trinajstić information content (AvgIpc) is 2.73. The topological polar surface area (TPSA) is 99.2 Å². The van der Waals surface area contributed by atoms with Crippen LogP contribution < -0.4 is 20.9 Å². The standard InChI is InChI=1S/C20H32N6O2/c27-18(10-4-11-23-20(28)25-16-7-2-1-3-8-16)24-17-9-5-14-26(15-17)19-21-12-6-13-22-19/h6,12-13,16-17H,1-5,7-11,14-15H2,(H,24,27)(H2,23,25,28)/t17-/m0/s1. The summed E-state index contributed by atoms with van der Waals surface area (Å²) in [6.45, 7) is 2.16. The van der Waals surface area contributed by atoms with Crippen molar-refractivity contribution >= 4 is 17.9 Å². The van der Waals surface area contributed by atoms with Gasteiger partial charge in [0.05, 0.1) is 0 Å². The zero-order valence-corrected chi connectivity index (χ0v) is 16.5. The van der Waals surface area contributed by atoms with Gasteiger partial charge in [-0.25, -0.2) is 14.8 Å². The van der Waals surface area contributed by atoms with Gasteiger partial charge in [-0.1, -0.05) is 19.3 Å². The van der Waals surface area contributed by atoms with Crippen LogP contribution in [0.15, 0.2) is 18.5 Å². The molecule has 1 saturated carbocycles. The van der Waals surface area contributed by atoms with E-state index in [0.29, 0.717) is 25.4 Å². The van der Waals surface area contributed by atoms with Crippen molar-refractivity contribution in [3.8, 4) is 0 Å². The third-order valence-corrected chi connectivity index (χ3v) is 5.43. The van der Waals surface area contributed by atoms with E-state index in [1.807, 2.05) is 0 Å². The number of rotatable bonds is 7. The minimum Gasteiger partial charge on any atom is -0.352 e. The highest BCUT2D eigenvalue weighted by Crippen LogP contribution is 2.17. The molecule has 28 heavy (non-hydrogen) atoms. The van der Waals surface area contributed by atoms with Crippen molar-refractivity contribution in [2.45, 2.75) is 69.9 Å². The molecule has 0 aromatic carbocycles. The molecule has 2 fully saturated rings. The van der Waals surface area contributed by atoms with Crippen LogP contribution in [0.5, 0.6) is 0 Å². The fourth-order valence-electron chi connectivity index (χ4n) is 3.97. The van der Waals surface area contributed by atoms with E-state index in [1.165, 1.54) is 19.3 Å². The number of amides is 3. The number of nitrogens with one attached hydrogen (secondary N) is 3. The monoisotopic (exact) mass is 388 g/mol. The first kappa shape index (κ1) is 20.4. The van der Waals surface area contributed by atoms with Crippen LogP contribution in [0.2, 0.25) is 0 Å². The van der Waals surface area contributed by atoms with E-state index in [9.17, 15) is 9.59 Å². The van der Waals surface area contributed by atoms with Crippen molar-refractivity contribution in [1.29, 1.82) is 0 Å². The van der Waals surface area contributed by atoms with Crippen LogP contribution in [0.1, 0.15) is 57.8 Å². The van der Waals surface area contributed by atoms with Gasteiger partial charge in [0.15, 0.2) is 0 Å². The lowest BCUT2D eigenvalue weighted by atomic mass is 9.96. The van der Waals surface area contributed by atoms with Gasteiger partial charge in [0.25, 0.3) is 0 Å². The molecular formula is C20H32N6O2. The Morgan fingerprint density at radius 1 is 1.00 bits per heavy atom. The minimum atomic E-state index is -0.113.